The van der Waals surface area contributed by atoms with Crippen LogP contribution in [0.25, 0.3) is 0 Å². The second-order valence-corrected chi connectivity index (χ2v) is 5.41. The van der Waals surface area contributed by atoms with Crippen molar-refractivity contribution >= 4 is 23.4 Å². The van der Waals surface area contributed by atoms with Crippen molar-refractivity contribution in [3.05, 3.63) is 59.4 Å². The van der Waals surface area contributed by atoms with Crippen LogP contribution in [0.2, 0.25) is 5.02 Å². The van der Waals surface area contributed by atoms with Gasteiger partial charge in [-0.15, -0.1) is 11.8 Å². The van der Waals surface area contributed by atoms with Crippen LogP contribution in [0, 0.1) is 0 Å². The van der Waals surface area contributed by atoms with Crippen molar-refractivity contribution in [2.75, 3.05) is 12.3 Å². The third kappa shape index (κ3) is 4.69. The molecule has 2 rings (SSSR count). The molecule has 1 aromatic heterocycles. The fraction of sp³-hybridized carbons (Fsp3) is 0.214. The molecular formula is C14H15ClN2S. The van der Waals surface area contributed by atoms with Gasteiger partial charge in [0.25, 0.3) is 0 Å². The Morgan fingerprint density at radius 2 is 2.11 bits per heavy atom. The van der Waals surface area contributed by atoms with Crippen molar-refractivity contribution in [2.45, 2.75) is 11.4 Å². The number of aromatic nitrogens is 1. The minimum atomic E-state index is 0.793. The highest BCUT2D eigenvalue weighted by atomic mass is 35.5. The van der Waals surface area contributed by atoms with Crippen LogP contribution in [-0.2, 0) is 6.54 Å². The maximum atomic E-state index is 5.93. The average molecular weight is 279 g/mol. The van der Waals surface area contributed by atoms with Gasteiger partial charge >= 0.3 is 0 Å². The largest absolute Gasteiger partial charge is 0.310 e. The maximum Gasteiger partial charge on any atom is 0.0541 e. The molecule has 1 N–H and O–H groups in total. The third-order valence-electron chi connectivity index (χ3n) is 2.38. The zero-order chi connectivity index (χ0) is 12.6. The van der Waals surface area contributed by atoms with E-state index in [0.717, 1.165) is 29.6 Å². The first kappa shape index (κ1) is 13.4. The fourth-order valence-corrected chi connectivity index (χ4v) is 2.64. The Bertz CT molecular complexity index is 476. The molecule has 0 unspecified atom stereocenters. The van der Waals surface area contributed by atoms with Crippen molar-refractivity contribution in [1.29, 1.82) is 0 Å². The van der Waals surface area contributed by atoms with Crippen LogP contribution >= 0.6 is 23.4 Å². The predicted molar refractivity (Wildman–Crippen MR) is 78.1 cm³/mol. The zero-order valence-corrected chi connectivity index (χ0v) is 11.5. The number of nitrogens with one attached hydrogen (secondary N) is 1. The summed E-state index contributed by atoms with van der Waals surface area (Å²) >= 11 is 7.73. The van der Waals surface area contributed by atoms with E-state index >= 15 is 0 Å². The number of hydrogen-bond acceptors (Lipinski definition) is 3. The predicted octanol–water partition coefficient (Wildman–Crippen LogP) is 3.62. The summed E-state index contributed by atoms with van der Waals surface area (Å²) in [6.45, 7) is 1.77. The highest BCUT2D eigenvalue weighted by molar-refractivity contribution is 7.99. The molecular weight excluding hydrogens is 264 g/mol. The van der Waals surface area contributed by atoms with Gasteiger partial charge in [0.1, 0.15) is 0 Å². The summed E-state index contributed by atoms with van der Waals surface area (Å²) < 4.78 is 0. The van der Waals surface area contributed by atoms with Crippen molar-refractivity contribution in [1.82, 2.24) is 10.3 Å². The molecule has 0 saturated carbocycles. The normalized spacial score (nSPS) is 10.5. The van der Waals surface area contributed by atoms with Gasteiger partial charge in [0.15, 0.2) is 0 Å². The molecule has 2 nitrogen and oxygen atoms in total. The van der Waals surface area contributed by atoms with Crippen LogP contribution in [0.4, 0.5) is 0 Å². The van der Waals surface area contributed by atoms with Gasteiger partial charge in [-0.05, 0) is 30.3 Å². The third-order valence-corrected chi connectivity index (χ3v) is 3.61. The van der Waals surface area contributed by atoms with Crippen molar-refractivity contribution in [3.63, 3.8) is 0 Å². The molecule has 0 aliphatic carbocycles. The van der Waals surface area contributed by atoms with E-state index in [1.54, 1.807) is 11.8 Å². The van der Waals surface area contributed by atoms with Crippen molar-refractivity contribution in [3.8, 4) is 0 Å². The van der Waals surface area contributed by atoms with E-state index in [0.29, 0.717) is 0 Å². The topological polar surface area (TPSA) is 24.9 Å². The summed E-state index contributed by atoms with van der Waals surface area (Å²) in [7, 11) is 0. The van der Waals surface area contributed by atoms with Gasteiger partial charge in [0.2, 0.25) is 0 Å². The van der Waals surface area contributed by atoms with E-state index in [-0.39, 0.29) is 0 Å². The van der Waals surface area contributed by atoms with Gasteiger partial charge in [-0.3, -0.25) is 4.98 Å². The van der Waals surface area contributed by atoms with Crippen LogP contribution < -0.4 is 5.32 Å². The standard InChI is InChI=1S/C14H15ClN2S/c15-12-4-3-6-14(10-12)18-9-8-16-11-13-5-1-2-7-17-13/h1-7,10,16H,8-9,11H2. The molecule has 94 valence electrons. The van der Waals surface area contributed by atoms with Crippen molar-refractivity contribution in [2.24, 2.45) is 0 Å². The van der Waals surface area contributed by atoms with Gasteiger partial charge in [0, 0.05) is 35.0 Å². The molecule has 4 heteroatoms. The first-order valence-corrected chi connectivity index (χ1v) is 7.20. The van der Waals surface area contributed by atoms with Crippen LogP contribution in [0.5, 0.6) is 0 Å². The lowest BCUT2D eigenvalue weighted by molar-refractivity contribution is 0.715. The molecule has 0 aliphatic heterocycles. The second kappa shape index (κ2) is 7.41. The molecule has 0 spiro atoms. The maximum absolute atomic E-state index is 5.93. The van der Waals surface area contributed by atoms with Gasteiger partial charge in [0.05, 0.1) is 5.69 Å². The minimum absolute atomic E-state index is 0.793. The Labute approximate surface area is 117 Å². The number of nitrogens with zero attached hydrogens (tertiary/aromatic N) is 1. The van der Waals surface area contributed by atoms with Crippen LogP contribution in [0.1, 0.15) is 5.69 Å². The van der Waals surface area contributed by atoms with Gasteiger partial charge in [-0.25, -0.2) is 0 Å². The van der Waals surface area contributed by atoms with Crippen molar-refractivity contribution < 1.29 is 0 Å². The van der Waals surface area contributed by atoms with Gasteiger partial charge in [-0.1, -0.05) is 23.7 Å². The molecule has 0 amide bonds. The lowest BCUT2D eigenvalue weighted by Crippen LogP contribution is -2.17. The quantitative estimate of drug-likeness (QED) is 0.645. The molecule has 0 bridgehead atoms. The van der Waals surface area contributed by atoms with E-state index in [9.17, 15) is 0 Å². The first-order valence-electron chi connectivity index (χ1n) is 5.83. The number of halogens is 1. The summed E-state index contributed by atoms with van der Waals surface area (Å²) in [4.78, 5) is 5.47. The Morgan fingerprint density at radius 3 is 2.89 bits per heavy atom. The SMILES string of the molecule is Clc1cccc(SCCNCc2ccccn2)c1. The number of benzene rings is 1. The summed E-state index contributed by atoms with van der Waals surface area (Å²) in [5, 5.41) is 4.16. The molecule has 0 atom stereocenters. The minimum Gasteiger partial charge on any atom is -0.310 e. The monoisotopic (exact) mass is 278 g/mol. The van der Waals surface area contributed by atoms with E-state index < -0.39 is 0 Å². The first-order chi connectivity index (χ1) is 8.84. The molecule has 0 aliphatic rings. The Morgan fingerprint density at radius 1 is 1.17 bits per heavy atom. The van der Waals surface area contributed by atoms with Crippen LogP contribution in [-0.4, -0.2) is 17.3 Å². The highest BCUT2D eigenvalue weighted by Gasteiger charge is 1.96. The lowest BCUT2D eigenvalue weighted by atomic mass is 10.3. The van der Waals surface area contributed by atoms with E-state index in [1.807, 2.05) is 42.6 Å². The van der Waals surface area contributed by atoms with Crippen LogP contribution in [0.3, 0.4) is 0 Å². The van der Waals surface area contributed by atoms with Gasteiger partial charge in [-0.2, -0.15) is 0 Å². The van der Waals surface area contributed by atoms with E-state index in [1.165, 1.54) is 4.90 Å². The molecule has 2 aromatic rings. The lowest BCUT2D eigenvalue weighted by Gasteiger charge is -2.04. The van der Waals surface area contributed by atoms with E-state index in [4.69, 9.17) is 11.6 Å². The number of pyridine rings is 1. The Hall–Kier alpha value is -1.03. The fourth-order valence-electron chi connectivity index (χ4n) is 1.52. The zero-order valence-electron chi connectivity index (χ0n) is 9.97. The molecule has 1 aromatic carbocycles. The molecule has 0 saturated heterocycles. The summed E-state index contributed by atoms with van der Waals surface area (Å²) in [5.74, 6) is 1.02. The Kier molecular flexibility index (Phi) is 5.52. The Balaban J connectivity index is 1.65. The molecule has 0 radical (unpaired) electrons. The smallest absolute Gasteiger partial charge is 0.0541 e. The number of thioether (sulfide) groups is 1. The van der Waals surface area contributed by atoms with Crippen LogP contribution in [0.15, 0.2) is 53.6 Å². The number of hydrogen-bond donors (Lipinski definition) is 1. The summed E-state index contributed by atoms with van der Waals surface area (Å²) in [6, 6.07) is 13.9. The summed E-state index contributed by atoms with van der Waals surface area (Å²) in [6.07, 6.45) is 1.82. The van der Waals surface area contributed by atoms with Gasteiger partial charge < -0.3 is 5.32 Å². The second-order valence-electron chi connectivity index (χ2n) is 3.80. The summed E-state index contributed by atoms with van der Waals surface area (Å²) in [5.41, 5.74) is 1.07. The average Bonchev–Trinajstić information content (AvgIpc) is 2.40. The molecule has 0 fully saturated rings. The highest BCUT2D eigenvalue weighted by Crippen LogP contribution is 2.20. The molecule has 18 heavy (non-hydrogen) atoms. The molecule has 1 heterocycles. The number of rotatable bonds is 6. The van der Waals surface area contributed by atoms with E-state index in [2.05, 4.69) is 16.4 Å².